The van der Waals surface area contributed by atoms with Gasteiger partial charge in [0.25, 0.3) is 6.71 Å². The van der Waals surface area contributed by atoms with E-state index in [1.165, 1.54) is 65.9 Å². The number of fused-ring (bicyclic) bond motifs is 21. The molecule has 88 heavy (non-hydrogen) atoms. The van der Waals surface area contributed by atoms with Gasteiger partial charge in [-0.15, -0.1) is 0 Å². The zero-order valence-electron chi connectivity index (χ0n) is 48.3. The number of hydrogen-bond acceptors (Lipinski definition) is 3. The summed E-state index contributed by atoms with van der Waals surface area (Å²) in [6, 6.07) is 91.1. The molecule has 2 aliphatic rings. The van der Waals surface area contributed by atoms with E-state index >= 15 is 0 Å². The maximum atomic E-state index is 7.47. The molecule has 0 unspecified atom stereocenters. The van der Waals surface area contributed by atoms with Crippen LogP contribution in [0.25, 0.3) is 160 Å². The number of rotatable bonds is 5. The van der Waals surface area contributed by atoms with Gasteiger partial charge in [-0.25, -0.2) is 0 Å². The van der Waals surface area contributed by atoms with E-state index in [2.05, 4.69) is 283 Å². The standard InChI is InChI=1S/C81H50BN3O3/c1-45-37-46(2)75(47(3)38-45)49-29-34-73-63(39-49)82-64-44-62-61-43-52(84-67-27-15-11-23-57(67)58-24-12-16-28-68(58)84)31-36-72(61)88-81(62)77-76-69(85(79(64)77)70-40-50(41-74(86-73)78(70)82)54-20-8-7-19-53(54)48-17-5-4-6-18-48)33-32-59-60-42-51(30-35-71(60)87-80(59)76)83-65-25-13-9-21-55(65)56-22-10-14-26-66(56)83/h4-44H,1-3H3. The summed E-state index contributed by atoms with van der Waals surface area (Å²) in [5, 5.41) is 11.1. The van der Waals surface area contributed by atoms with E-state index in [0.717, 1.165) is 138 Å². The van der Waals surface area contributed by atoms with Crippen molar-refractivity contribution < 1.29 is 13.6 Å². The number of aromatic nitrogens is 3. The van der Waals surface area contributed by atoms with E-state index in [4.69, 9.17) is 13.6 Å². The third-order valence-electron chi connectivity index (χ3n) is 19.5. The van der Waals surface area contributed by atoms with E-state index < -0.39 is 0 Å². The number of hydrogen-bond donors (Lipinski definition) is 0. The van der Waals surface area contributed by atoms with Gasteiger partial charge in [0.2, 0.25) is 0 Å². The summed E-state index contributed by atoms with van der Waals surface area (Å²) in [7, 11) is 0. The van der Waals surface area contributed by atoms with Gasteiger partial charge >= 0.3 is 0 Å². The maximum Gasteiger partial charge on any atom is 0.256 e. The first-order valence-electron chi connectivity index (χ1n) is 30.4. The third-order valence-corrected chi connectivity index (χ3v) is 19.5. The molecule has 2 aliphatic heterocycles. The van der Waals surface area contributed by atoms with Crippen LogP contribution in [0.5, 0.6) is 11.5 Å². The molecule has 0 amide bonds. The van der Waals surface area contributed by atoms with Gasteiger partial charge < -0.3 is 27.3 Å². The van der Waals surface area contributed by atoms with Gasteiger partial charge in [-0.05, 0) is 173 Å². The maximum absolute atomic E-state index is 7.47. The van der Waals surface area contributed by atoms with Crippen LogP contribution in [-0.2, 0) is 0 Å². The second-order valence-corrected chi connectivity index (χ2v) is 24.4. The molecule has 7 heterocycles. The van der Waals surface area contributed by atoms with Crippen molar-refractivity contribution in [3.05, 3.63) is 265 Å². The van der Waals surface area contributed by atoms with Crippen molar-refractivity contribution in [1.82, 2.24) is 13.7 Å². The molecule has 0 bridgehead atoms. The van der Waals surface area contributed by atoms with Crippen molar-refractivity contribution in [2.75, 3.05) is 0 Å². The Hall–Kier alpha value is -11.3. The molecule has 0 aliphatic carbocycles. The van der Waals surface area contributed by atoms with Crippen LogP contribution in [-0.4, -0.2) is 20.4 Å². The van der Waals surface area contributed by atoms with Crippen molar-refractivity contribution in [3.63, 3.8) is 0 Å². The first kappa shape index (κ1) is 48.0. The minimum atomic E-state index is -0.229. The second-order valence-electron chi connectivity index (χ2n) is 24.4. The number of para-hydroxylation sites is 4. The van der Waals surface area contributed by atoms with Crippen LogP contribution in [0.4, 0.5) is 0 Å². The summed E-state index contributed by atoms with van der Waals surface area (Å²) in [4.78, 5) is 0. The monoisotopic (exact) mass is 1120 g/mol. The van der Waals surface area contributed by atoms with Crippen molar-refractivity contribution in [2.45, 2.75) is 20.8 Å². The predicted octanol–water partition coefficient (Wildman–Crippen LogP) is 19.6. The normalized spacial score (nSPS) is 12.8. The Morgan fingerprint density at radius 1 is 0.341 bits per heavy atom. The minimum absolute atomic E-state index is 0.229. The highest BCUT2D eigenvalue weighted by atomic mass is 16.5. The molecule has 5 aromatic heterocycles. The van der Waals surface area contributed by atoms with E-state index in [0.29, 0.717) is 0 Å². The van der Waals surface area contributed by atoms with Crippen molar-refractivity contribution >= 4 is 132 Å². The van der Waals surface area contributed by atoms with Gasteiger partial charge in [0.1, 0.15) is 33.8 Å². The average Bonchev–Trinajstić information content (AvgIpc) is 1.78. The van der Waals surface area contributed by atoms with Crippen molar-refractivity contribution in [1.29, 1.82) is 0 Å². The summed E-state index contributed by atoms with van der Waals surface area (Å²) in [6.45, 7) is 6.44. The lowest BCUT2D eigenvalue weighted by Gasteiger charge is -2.34. The highest BCUT2D eigenvalue weighted by molar-refractivity contribution is 6.99. The Labute approximate surface area is 505 Å². The fourth-order valence-corrected chi connectivity index (χ4v) is 16.1. The van der Waals surface area contributed by atoms with Crippen LogP contribution in [0.3, 0.4) is 0 Å². The largest absolute Gasteiger partial charge is 0.458 e. The Morgan fingerprint density at radius 2 is 0.886 bits per heavy atom. The summed E-state index contributed by atoms with van der Waals surface area (Å²) >= 11 is 0. The molecule has 0 atom stereocenters. The van der Waals surface area contributed by atoms with Gasteiger partial charge in [0.15, 0.2) is 0 Å². The van der Waals surface area contributed by atoms with Crippen LogP contribution >= 0.6 is 0 Å². The lowest BCUT2D eigenvalue weighted by Crippen LogP contribution is -2.58. The van der Waals surface area contributed by atoms with Gasteiger partial charge in [-0.1, -0.05) is 163 Å². The number of furan rings is 2. The molecule has 410 valence electrons. The fraction of sp³-hybridized carbons (Fsp3) is 0.0370. The third kappa shape index (κ3) is 6.41. The van der Waals surface area contributed by atoms with Crippen LogP contribution in [0, 0.1) is 20.8 Å². The highest BCUT2D eigenvalue weighted by Gasteiger charge is 2.43. The summed E-state index contributed by atoms with van der Waals surface area (Å²) < 4.78 is 29.6. The molecule has 0 spiro atoms. The lowest BCUT2D eigenvalue weighted by molar-refractivity contribution is 0.487. The number of nitrogens with zero attached hydrogens (tertiary/aromatic N) is 3. The Bertz CT molecular complexity index is 6020. The molecule has 7 heteroatoms. The van der Waals surface area contributed by atoms with Gasteiger partial charge in [-0.2, -0.15) is 0 Å². The fourth-order valence-electron chi connectivity index (χ4n) is 16.1. The molecular formula is C81H50BN3O3. The zero-order chi connectivity index (χ0) is 57.8. The van der Waals surface area contributed by atoms with E-state index in [9.17, 15) is 0 Å². The Kier molecular flexibility index (Phi) is 9.51. The molecule has 18 aromatic rings. The first-order chi connectivity index (χ1) is 43.4. The summed E-state index contributed by atoms with van der Waals surface area (Å²) in [6.07, 6.45) is 0. The quantitative estimate of drug-likeness (QED) is 0.161. The number of ether oxygens (including phenoxy) is 1. The van der Waals surface area contributed by atoms with Crippen LogP contribution < -0.4 is 21.1 Å². The predicted molar refractivity (Wildman–Crippen MR) is 366 cm³/mol. The molecule has 20 rings (SSSR count). The van der Waals surface area contributed by atoms with Crippen molar-refractivity contribution in [2.24, 2.45) is 0 Å². The van der Waals surface area contributed by atoms with Gasteiger partial charge in [-0.3, -0.25) is 0 Å². The molecule has 0 radical (unpaired) electrons. The van der Waals surface area contributed by atoms with Gasteiger partial charge in [0, 0.05) is 60.2 Å². The van der Waals surface area contributed by atoms with Crippen molar-refractivity contribution in [3.8, 4) is 61.9 Å². The topological polar surface area (TPSA) is 50.3 Å². The Balaban J connectivity index is 0.925. The SMILES string of the molecule is Cc1cc(C)c(-c2ccc3c(c2)B2c4c(cc(-c5ccccc5-c5ccccc5)cc4-n4c5ccc6c7cc(-n8c9ccccc9c9ccccc98)ccc7oc6c5c5c6oc7ccc(-n8c9ccccc9c9ccccc98)cc7c6cc2c54)O3)c(C)c1. The van der Waals surface area contributed by atoms with E-state index in [1.807, 2.05) is 0 Å². The smallest absolute Gasteiger partial charge is 0.256 e. The molecule has 0 saturated carbocycles. The second kappa shape index (κ2) is 17.4. The first-order valence-corrected chi connectivity index (χ1v) is 30.4. The van der Waals surface area contributed by atoms with Crippen LogP contribution in [0.1, 0.15) is 16.7 Å². The average molecular weight is 1120 g/mol. The molecular weight excluding hydrogens is 1070 g/mol. The summed E-state index contributed by atoms with van der Waals surface area (Å²) in [5.74, 6) is 1.70. The number of aryl methyl sites for hydroxylation is 3. The molecule has 0 fully saturated rings. The summed E-state index contributed by atoms with van der Waals surface area (Å²) in [5.41, 5.74) is 27.5. The molecule has 6 nitrogen and oxygen atoms in total. The highest BCUT2D eigenvalue weighted by Crippen LogP contribution is 2.49. The van der Waals surface area contributed by atoms with Crippen LogP contribution in [0.2, 0.25) is 0 Å². The Morgan fingerprint density at radius 3 is 1.50 bits per heavy atom. The van der Waals surface area contributed by atoms with E-state index in [1.54, 1.807) is 0 Å². The zero-order valence-corrected chi connectivity index (χ0v) is 48.3. The molecule has 0 N–H and O–H groups in total. The van der Waals surface area contributed by atoms with Crippen LogP contribution in [0.15, 0.2) is 258 Å². The van der Waals surface area contributed by atoms with Gasteiger partial charge in [0.05, 0.1) is 43.9 Å². The number of benzene rings is 13. The lowest BCUT2D eigenvalue weighted by atomic mass is 9.34. The molecule has 13 aromatic carbocycles. The van der Waals surface area contributed by atoms with E-state index in [-0.39, 0.29) is 6.71 Å². The minimum Gasteiger partial charge on any atom is -0.458 e. The molecule has 0 saturated heterocycles.